The van der Waals surface area contributed by atoms with Crippen LogP contribution in [0.2, 0.25) is 0 Å². The molecule has 3 nitrogen and oxygen atoms in total. The number of rotatable bonds is 4. The highest BCUT2D eigenvalue weighted by Crippen LogP contribution is 2.35. The standard InChI is InChI=1S/C16H19BNO2/c1-5-8-10-13-11(4)17-14(9-6-2)12(7-3)15(13)16(19)18-20/h5-10,15,20H,1-2H2,3-4H3,(H,18,19)/b10-8-,12-7+,14-9+. The van der Waals surface area contributed by atoms with Gasteiger partial charge in [-0.3, -0.25) is 10.0 Å². The van der Waals surface area contributed by atoms with Crippen LogP contribution in [0.4, 0.5) is 0 Å². The largest absolute Gasteiger partial charge is 0.289 e. The summed E-state index contributed by atoms with van der Waals surface area (Å²) in [6, 6.07) is 0. The molecule has 2 N–H and O–H groups in total. The molecule has 0 aromatic heterocycles. The fraction of sp³-hybridized carbons (Fsp3) is 0.188. The summed E-state index contributed by atoms with van der Waals surface area (Å²) < 4.78 is 0. The van der Waals surface area contributed by atoms with Gasteiger partial charge in [-0.1, -0.05) is 62.0 Å². The summed E-state index contributed by atoms with van der Waals surface area (Å²) in [5, 5.41) is 9.00. The van der Waals surface area contributed by atoms with Gasteiger partial charge in [0.25, 0.3) is 5.91 Å². The molecule has 4 heteroatoms. The van der Waals surface area contributed by atoms with Gasteiger partial charge in [-0.05, 0) is 18.1 Å². The van der Waals surface area contributed by atoms with Gasteiger partial charge in [0, 0.05) is 0 Å². The molecule has 1 radical (unpaired) electrons. The third-order valence-corrected chi connectivity index (χ3v) is 3.18. The second-order valence-electron chi connectivity index (χ2n) is 4.39. The Bertz CT molecular complexity index is 539. The van der Waals surface area contributed by atoms with E-state index < -0.39 is 11.8 Å². The molecule has 103 valence electrons. The number of hydrogen-bond acceptors (Lipinski definition) is 2. The molecule has 0 fully saturated rings. The lowest BCUT2D eigenvalue weighted by atomic mass is 9.52. The van der Waals surface area contributed by atoms with Crippen molar-refractivity contribution in [2.45, 2.75) is 13.8 Å². The zero-order valence-electron chi connectivity index (χ0n) is 11.9. The van der Waals surface area contributed by atoms with E-state index in [4.69, 9.17) is 5.21 Å². The minimum Gasteiger partial charge on any atom is -0.289 e. The van der Waals surface area contributed by atoms with Gasteiger partial charge in [-0.15, -0.1) is 5.47 Å². The first-order valence-electron chi connectivity index (χ1n) is 6.38. The maximum Gasteiger partial charge on any atom is 0.255 e. The molecule has 1 unspecified atom stereocenters. The molecule has 0 bridgehead atoms. The van der Waals surface area contributed by atoms with Crippen LogP contribution in [0, 0.1) is 5.92 Å². The lowest BCUT2D eigenvalue weighted by molar-refractivity contribution is -0.131. The quantitative estimate of drug-likeness (QED) is 0.356. The van der Waals surface area contributed by atoms with Crippen molar-refractivity contribution in [2.24, 2.45) is 5.92 Å². The third kappa shape index (κ3) is 3.28. The van der Waals surface area contributed by atoms with Crippen LogP contribution in [0.1, 0.15) is 13.8 Å². The Morgan fingerprint density at radius 1 is 1.40 bits per heavy atom. The molecule has 1 heterocycles. The van der Waals surface area contributed by atoms with Gasteiger partial charge >= 0.3 is 0 Å². The van der Waals surface area contributed by atoms with E-state index in [-0.39, 0.29) is 0 Å². The number of carbonyl (C=O) groups excluding carboxylic acids is 1. The number of nitrogens with one attached hydrogen (secondary N) is 1. The lowest BCUT2D eigenvalue weighted by Gasteiger charge is -2.29. The number of hydroxylamine groups is 1. The van der Waals surface area contributed by atoms with Gasteiger partial charge < -0.3 is 0 Å². The molecule has 0 spiro atoms. The summed E-state index contributed by atoms with van der Waals surface area (Å²) >= 11 is 0. The number of amides is 1. The Morgan fingerprint density at radius 3 is 2.60 bits per heavy atom. The maximum atomic E-state index is 12.0. The Balaban J connectivity index is 3.46. The molecular formula is C16H19BNO2. The first-order valence-corrected chi connectivity index (χ1v) is 6.38. The molecule has 1 amide bonds. The van der Waals surface area contributed by atoms with Crippen molar-refractivity contribution in [1.29, 1.82) is 0 Å². The normalized spacial score (nSPS) is 23.1. The Hall–Kier alpha value is -2.07. The number of allylic oxidation sites excluding steroid dienone is 8. The summed E-state index contributed by atoms with van der Waals surface area (Å²) in [7, 11) is 2.00. The van der Waals surface area contributed by atoms with Crippen LogP contribution >= 0.6 is 0 Å². The van der Waals surface area contributed by atoms with E-state index in [0.29, 0.717) is 0 Å². The molecule has 0 aromatic rings. The minimum atomic E-state index is -0.544. The van der Waals surface area contributed by atoms with E-state index in [1.54, 1.807) is 23.7 Å². The number of carbonyl (C=O) groups is 1. The second kappa shape index (κ2) is 7.51. The first-order chi connectivity index (χ1) is 9.60. The van der Waals surface area contributed by atoms with Crippen LogP contribution in [0.5, 0.6) is 0 Å². The zero-order chi connectivity index (χ0) is 15.1. The Kier molecular flexibility index (Phi) is 6.00. The zero-order valence-corrected chi connectivity index (χ0v) is 11.9. The average Bonchev–Trinajstić information content (AvgIpc) is 2.45. The van der Waals surface area contributed by atoms with Crippen molar-refractivity contribution in [3.05, 3.63) is 71.7 Å². The molecule has 0 saturated carbocycles. The van der Waals surface area contributed by atoms with Crippen LogP contribution in [-0.2, 0) is 4.79 Å². The predicted molar refractivity (Wildman–Crippen MR) is 83.2 cm³/mol. The summed E-state index contributed by atoms with van der Waals surface area (Å²) in [6.07, 6.45) is 10.7. The summed E-state index contributed by atoms with van der Waals surface area (Å²) in [4.78, 5) is 12.0. The fourth-order valence-electron chi connectivity index (χ4n) is 2.31. The molecule has 20 heavy (non-hydrogen) atoms. The fourth-order valence-corrected chi connectivity index (χ4v) is 2.31. The van der Waals surface area contributed by atoms with Gasteiger partial charge in [0.2, 0.25) is 0 Å². The van der Waals surface area contributed by atoms with Crippen molar-refractivity contribution >= 4 is 13.2 Å². The minimum absolute atomic E-state index is 0.454. The molecule has 1 aliphatic heterocycles. The molecule has 0 aromatic carbocycles. The lowest BCUT2D eigenvalue weighted by Crippen LogP contribution is -2.34. The number of hydrogen-bond donors (Lipinski definition) is 2. The smallest absolute Gasteiger partial charge is 0.255 e. The molecular weight excluding hydrogens is 249 g/mol. The van der Waals surface area contributed by atoms with Crippen molar-refractivity contribution in [2.75, 3.05) is 0 Å². The van der Waals surface area contributed by atoms with E-state index in [9.17, 15) is 4.79 Å². The van der Waals surface area contributed by atoms with Gasteiger partial charge in [0.05, 0.1) is 5.92 Å². The van der Waals surface area contributed by atoms with Crippen LogP contribution in [-0.4, -0.2) is 18.4 Å². The molecule has 0 saturated heterocycles. The highest BCUT2D eigenvalue weighted by Gasteiger charge is 2.32. The Morgan fingerprint density at radius 2 is 2.10 bits per heavy atom. The van der Waals surface area contributed by atoms with Crippen LogP contribution in [0.15, 0.2) is 71.7 Å². The van der Waals surface area contributed by atoms with E-state index >= 15 is 0 Å². The van der Waals surface area contributed by atoms with E-state index in [2.05, 4.69) is 13.2 Å². The third-order valence-electron chi connectivity index (χ3n) is 3.18. The SMILES string of the molecule is C=C/C=C\C1=C(C)[B]C(=C/C=C)/C(=C\C)C1C(=O)NO. The monoisotopic (exact) mass is 268 g/mol. The van der Waals surface area contributed by atoms with Crippen molar-refractivity contribution in [3.8, 4) is 0 Å². The van der Waals surface area contributed by atoms with Crippen molar-refractivity contribution in [3.63, 3.8) is 0 Å². The molecule has 1 rings (SSSR count). The summed E-state index contributed by atoms with van der Waals surface area (Å²) in [5.74, 6) is -0.998. The van der Waals surface area contributed by atoms with Gasteiger partial charge in [0.15, 0.2) is 7.28 Å². The maximum absolute atomic E-state index is 12.0. The Labute approximate surface area is 121 Å². The topological polar surface area (TPSA) is 49.3 Å². The van der Waals surface area contributed by atoms with Crippen LogP contribution in [0.25, 0.3) is 0 Å². The highest BCUT2D eigenvalue weighted by molar-refractivity contribution is 6.56. The summed E-state index contributed by atoms with van der Waals surface area (Å²) in [5.41, 5.74) is 5.31. The van der Waals surface area contributed by atoms with Crippen LogP contribution < -0.4 is 5.48 Å². The van der Waals surface area contributed by atoms with Gasteiger partial charge in [0.1, 0.15) is 0 Å². The predicted octanol–water partition coefficient (Wildman–Crippen LogP) is 2.86. The molecule has 1 atom stereocenters. The van der Waals surface area contributed by atoms with Crippen molar-refractivity contribution in [1.82, 2.24) is 5.48 Å². The summed E-state index contributed by atoms with van der Waals surface area (Å²) in [6.45, 7) is 11.1. The van der Waals surface area contributed by atoms with Gasteiger partial charge in [-0.2, -0.15) is 0 Å². The average molecular weight is 268 g/mol. The van der Waals surface area contributed by atoms with Crippen molar-refractivity contribution < 1.29 is 10.0 Å². The second-order valence-corrected chi connectivity index (χ2v) is 4.39. The highest BCUT2D eigenvalue weighted by atomic mass is 16.5. The van der Waals surface area contributed by atoms with E-state index in [0.717, 1.165) is 22.1 Å². The molecule has 0 aliphatic carbocycles. The molecule has 1 aliphatic rings. The first kappa shape index (κ1) is 16.0. The van der Waals surface area contributed by atoms with Crippen LogP contribution in [0.3, 0.4) is 0 Å². The van der Waals surface area contributed by atoms with E-state index in [1.807, 2.05) is 39.4 Å². The van der Waals surface area contributed by atoms with Gasteiger partial charge in [-0.25, -0.2) is 5.48 Å². The van der Waals surface area contributed by atoms with E-state index in [1.165, 1.54) is 0 Å².